The van der Waals surface area contributed by atoms with Crippen molar-refractivity contribution in [2.24, 2.45) is 0 Å². The molecule has 2 rings (SSSR count). The van der Waals surface area contributed by atoms with Gasteiger partial charge >= 0.3 is 0 Å². The summed E-state index contributed by atoms with van der Waals surface area (Å²) in [7, 11) is -3.91. The van der Waals surface area contributed by atoms with Gasteiger partial charge in [-0.05, 0) is 49.9 Å². The van der Waals surface area contributed by atoms with Gasteiger partial charge in [-0.2, -0.15) is 0 Å². The Morgan fingerprint density at radius 1 is 1.16 bits per heavy atom. The summed E-state index contributed by atoms with van der Waals surface area (Å²) < 4.78 is 57.8. The summed E-state index contributed by atoms with van der Waals surface area (Å²) in [5.74, 6) is -2.02. The second-order valence-corrected chi connectivity index (χ2v) is 9.04. The lowest BCUT2D eigenvalue weighted by molar-refractivity contribution is -0.121. The number of benzene rings is 2. The second-order valence-electron chi connectivity index (χ2n) is 7.18. The van der Waals surface area contributed by atoms with Crippen molar-refractivity contribution in [1.29, 1.82) is 0 Å². The third-order valence-corrected chi connectivity index (χ3v) is 5.84. The van der Waals surface area contributed by atoms with E-state index < -0.39 is 33.6 Å². The molecule has 0 aliphatic rings. The lowest BCUT2D eigenvalue weighted by Gasteiger charge is -2.28. The summed E-state index contributed by atoms with van der Waals surface area (Å²) in [5.41, 5.74) is 0.906. The maximum Gasteiger partial charge on any atom is 0.243 e. The number of ether oxygens (including phenoxy) is 1. The number of amides is 1. The Balaban J connectivity index is 2.00. The lowest BCUT2D eigenvalue weighted by atomic mass is 10.1. The molecule has 1 unspecified atom stereocenters. The maximum atomic E-state index is 13.6. The van der Waals surface area contributed by atoms with E-state index in [0.29, 0.717) is 26.0 Å². The van der Waals surface area contributed by atoms with Crippen LogP contribution in [0.25, 0.3) is 0 Å². The van der Waals surface area contributed by atoms with Crippen molar-refractivity contribution >= 4 is 21.6 Å². The van der Waals surface area contributed by atoms with Crippen LogP contribution in [-0.4, -0.2) is 39.8 Å². The fourth-order valence-electron chi connectivity index (χ4n) is 3.13. The summed E-state index contributed by atoms with van der Waals surface area (Å²) in [5, 5.41) is 2.71. The Kier molecular flexibility index (Phi) is 8.79. The van der Waals surface area contributed by atoms with Crippen molar-refractivity contribution in [3.05, 3.63) is 59.7 Å². The highest BCUT2D eigenvalue weighted by Gasteiger charge is 2.29. The van der Waals surface area contributed by atoms with Crippen LogP contribution in [0.3, 0.4) is 0 Å². The minimum atomic E-state index is -3.91. The van der Waals surface area contributed by atoms with Crippen LogP contribution in [0.1, 0.15) is 32.3 Å². The number of rotatable bonds is 11. The molecule has 2 aromatic carbocycles. The van der Waals surface area contributed by atoms with Gasteiger partial charge in [0.25, 0.3) is 0 Å². The fraction of sp³-hybridized carbons (Fsp3) is 0.409. The lowest BCUT2D eigenvalue weighted by Crippen LogP contribution is -2.48. The molecule has 0 bridgehead atoms. The summed E-state index contributed by atoms with van der Waals surface area (Å²) >= 11 is 0. The predicted octanol–water partition coefficient (Wildman–Crippen LogP) is 3.66. The summed E-state index contributed by atoms with van der Waals surface area (Å²) in [4.78, 5) is 12.6. The van der Waals surface area contributed by atoms with E-state index in [1.165, 1.54) is 6.92 Å². The third kappa shape index (κ3) is 6.92. The number of hydrogen-bond donors (Lipinski definition) is 1. The van der Waals surface area contributed by atoms with Gasteiger partial charge in [0.15, 0.2) is 11.6 Å². The average Bonchev–Trinajstić information content (AvgIpc) is 2.71. The Morgan fingerprint density at radius 3 is 2.52 bits per heavy atom. The van der Waals surface area contributed by atoms with Crippen molar-refractivity contribution in [2.45, 2.75) is 39.2 Å². The normalized spacial score (nSPS) is 12.3. The zero-order valence-corrected chi connectivity index (χ0v) is 18.7. The van der Waals surface area contributed by atoms with Gasteiger partial charge in [0.05, 0.1) is 18.6 Å². The van der Waals surface area contributed by atoms with Crippen LogP contribution in [-0.2, 0) is 21.2 Å². The van der Waals surface area contributed by atoms with Gasteiger partial charge in [-0.15, -0.1) is 0 Å². The minimum Gasteiger partial charge on any atom is -0.493 e. The maximum absolute atomic E-state index is 13.6. The first-order valence-corrected chi connectivity index (χ1v) is 11.9. The number of carbonyl (C=O) groups is 1. The van der Waals surface area contributed by atoms with E-state index in [4.69, 9.17) is 4.74 Å². The SMILES string of the molecule is CCCOc1ccccc1CCCNC(=O)C(C)N(c1ccc(F)c(F)c1)S(C)(=O)=O. The number of nitrogens with one attached hydrogen (secondary N) is 1. The highest BCUT2D eigenvalue weighted by atomic mass is 32.2. The molecule has 2 aromatic rings. The number of para-hydroxylation sites is 1. The molecule has 9 heteroatoms. The van der Waals surface area contributed by atoms with Crippen LogP contribution < -0.4 is 14.4 Å². The molecule has 0 heterocycles. The molecule has 0 aliphatic carbocycles. The molecule has 0 spiro atoms. The molecule has 0 aromatic heterocycles. The quantitative estimate of drug-likeness (QED) is 0.526. The molecule has 0 saturated heterocycles. The fourth-order valence-corrected chi connectivity index (χ4v) is 4.30. The molecule has 1 atom stereocenters. The first-order chi connectivity index (χ1) is 14.6. The summed E-state index contributed by atoms with van der Waals surface area (Å²) in [6.45, 7) is 4.36. The number of carbonyl (C=O) groups excluding carboxylic acids is 1. The third-order valence-electron chi connectivity index (χ3n) is 4.60. The monoisotopic (exact) mass is 454 g/mol. The Labute approximate surface area is 182 Å². The van der Waals surface area contributed by atoms with Gasteiger partial charge < -0.3 is 10.1 Å². The zero-order valence-electron chi connectivity index (χ0n) is 17.9. The van der Waals surface area contributed by atoms with Crippen LogP contribution in [0, 0.1) is 11.6 Å². The molecule has 1 N–H and O–H groups in total. The minimum absolute atomic E-state index is 0.119. The number of nitrogens with zero attached hydrogens (tertiary/aromatic N) is 1. The van der Waals surface area contributed by atoms with E-state index in [1.807, 2.05) is 31.2 Å². The van der Waals surface area contributed by atoms with Crippen molar-refractivity contribution in [3.63, 3.8) is 0 Å². The number of sulfonamides is 1. The molecule has 1 amide bonds. The van der Waals surface area contributed by atoms with Gasteiger partial charge in [0.2, 0.25) is 15.9 Å². The standard InChI is InChI=1S/C22H28F2N2O4S/c1-4-14-30-21-10-6-5-8-17(21)9-7-13-25-22(27)16(2)26(31(3,28)29)18-11-12-19(23)20(24)15-18/h5-6,8,10-12,15-16H,4,7,9,13-14H2,1-3H3,(H,25,27). The van der Waals surface area contributed by atoms with Crippen LogP contribution in [0.4, 0.5) is 14.5 Å². The molecule has 0 radical (unpaired) electrons. The highest BCUT2D eigenvalue weighted by Crippen LogP contribution is 2.23. The number of hydrogen-bond acceptors (Lipinski definition) is 4. The average molecular weight is 455 g/mol. The van der Waals surface area contributed by atoms with E-state index in [1.54, 1.807) is 0 Å². The Morgan fingerprint density at radius 2 is 1.87 bits per heavy atom. The van der Waals surface area contributed by atoms with Crippen molar-refractivity contribution in [1.82, 2.24) is 5.32 Å². The number of anilines is 1. The Hall–Kier alpha value is -2.68. The topological polar surface area (TPSA) is 75.7 Å². The van der Waals surface area contributed by atoms with Crippen LogP contribution >= 0.6 is 0 Å². The predicted molar refractivity (Wildman–Crippen MR) is 117 cm³/mol. The summed E-state index contributed by atoms with van der Waals surface area (Å²) in [6, 6.07) is 9.24. The smallest absolute Gasteiger partial charge is 0.243 e. The molecular weight excluding hydrogens is 426 g/mol. The largest absolute Gasteiger partial charge is 0.493 e. The molecule has 6 nitrogen and oxygen atoms in total. The molecular formula is C22H28F2N2O4S. The number of halogens is 2. The van der Waals surface area contributed by atoms with E-state index in [0.717, 1.165) is 46.5 Å². The van der Waals surface area contributed by atoms with Crippen LogP contribution in [0.15, 0.2) is 42.5 Å². The highest BCUT2D eigenvalue weighted by molar-refractivity contribution is 7.92. The first-order valence-electron chi connectivity index (χ1n) is 10.1. The summed E-state index contributed by atoms with van der Waals surface area (Å²) in [6.07, 6.45) is 3.10. The molecule has 31 heavy (non-hydrogen) atoms. The molecule has 0 aliphatic heterocycles. The van der Waals surface area contributed by atoms with E-state index in [-0.39, 0.29) is 5.69 Å². The van der Waals surface area contributed by atoms with E-state index >= 15 is 0 Å². The molecule has 0 fully saturated rings. The molecule has 170 valence electrons. The van der Waals surface area contributed by atoms with Gasteiger partial charge in [0, 0.05) is 12.6 Å². The van der Waals surface area contributed by atoms with Gasteiger partial charge in [-0.25, -0.2) is 17.2 Å². The van der Waals surface area contributed by atoms with Crippen molar-refractivity contribution in [2.75, 3.05) is 23.7 Å². The zero-order chi connectivity index (χ0) is 23.0. The van der Waals surface area contributed by atoms with Gasteiger partial charge in [0.1, 0.15) is 11.8 Å². The van der Waals surface area contributed by atoms with Gasteiger partial charge in [-0.3, -0.25) is 9.10 Å². The van der Waals surface area contributed by atoms with Crippen molar-refractivity contribution in [3.8, 4) is 5.75 Å². The molecule has 0 saturated carbocycles. The first kappa shape index (κ1) is 24.6. The Bertz CT molecular complexity index is 999. The van der Waals surface area contributed by atoms with Gasteiger partial charge in [-0.1, -0.05) is 25.1 Å². The van der Waals surface area contributed by atoms with Crippen LogP contribution in [0.2, 0.25) is 0 Å². The van der Waals surface area contributed by atoms with Crippen LogP contribution in [0.5, 0.6) is 5.75 Å². The van der Waals surface area contributed by atoms with Crippen molar-refractivity contribution < 1.29 is 26.7 Å². The van der Waals surface area contributed by atoms with E-state index in [2.05, 4.69) is 5.32 Å². The second kappa shape index (κ2) is 11.1. The van der Waals surface area contributed by atoms with E-state index in [9.17, 15) is 22.0 Å². The number of aryl methyl sites for hydroxylation is 1.